The van der Waals surface area contributed by atoms with E-state index < -0.39 is 0 Å². The highest BCUT2D eigenvalue weighted by molar-refractivity contribution is 9.11. The van der Waals surface area contributed by atoms with Crippen LogP contribution in [0.3, 0.4) is 0 Å². The van der Waals surface area contributed by atoms with Gasteiger partial charge in [-0.15, -0.1) is 6.58 Å². The average Bonchev–Trinajstić information content (AvgIpc) is 2.84. The Morgan fingerprint density at radius 1 is 1.03 bits per heavy atom. The van der Waals surface area contributed by atoms with Crippen molar-refractivity contribution < 1.29 is 0 Å². The molecule has 2 rings (SSSR count). The van der Waals surface area contributed by atoms with Crippen LogP contribution in [0.4, 0.5) is 0 Å². The van der Waals surface area contributed by atoms with Gasteiger partial charge < -0.3 is 0 Å². The summed E-state index contributed by atoms with van der Waals surface area (Å²) in [5, 5.41) is 0. The lowest BCUT2D eigenvalue weighted by molar-refractivity contribution is 1.14. The number of nitrogens with zero attached hydrogens (tertiary/aromatic N) is 2. The lowest BCUT2D eigenvalue weighted by atomic mass is 10.1. The summed E-state index contributed by atoms with van der Waals surface area (Å²) in [6, 6.07) is 12.0. The van der Waals surface area contributed by atoms with Gasteiger partial charge in [-0.1, -0.05) is 117 Å². The Morgan fingerprint density at radius 3 is 2.29 bits per heavy atom. The molecule has 0 aliphatic heterocycles. The van der Waals surface area contributed by atoms with Gasteiger partial charge in [0.15, 0.2) is 5.82 Å². The molecule has 0 aliphatic carbocycles. The van der Waals surface area contributed by atoms with Gasteiger partial charge in [0.1, 0.15) is 0 Å². The van der Waals surface area contributed by atoms with Crippen LogP contribution in [0.1, 0.15) is 52.4 Å². The van der Waals surface area contributed by atoms with E-state index in [9.17, 15) is 0 Å². The summed E-state index contributed by atoms with van der Waals surface area (Å²) < 4.78 is 0.915. The van der Waals surface area contributed by atoms with Crippen molar-refractivity contribution >= 4 is 27.6 Å². The van der Waals surface area contributed by atoms with Crippen molar-refractivity contribution in [1.82, 2.24) is 9.97 Å². The highest BCUT2D eigenvalue weighted by Crippen LogP contribution is 2.21. The first-order chi connectivity index (χ1) is 15.2. The molecule has 0 fully saturated rings. The molecule has 2 nitrogen and oxygen atoms in total. The molecule has 0 radical (unpaired) electrons. The molecular formula is C28H35BrN2. The Labute approximate surface area is 197 Å². The summed E-state index contributed by atoms with van der Waals surface area (Å²) in [5.74, 6) is 0.705. The van der Waals surface area contributed by atoms with Crippen molar-refractivity contribution in [3.63, 3.8) is 0 Å². The van der Waals surface area contributed by atoms with Crippen LogP contribution in [0, 0.1) is 0 Å². The third kappa shape index (κ3) is 10.7. The van der Waals surface area contributed by atoms with Gasteiger partial charge in [-0.25, -0.2) is 9.97 Å². The minimum atomic E-state index is 0.705. The molecule has 31 heavy (non-hydrogen) atoms. The van der Waals surface area contributed by atoms with Gasteiger partial charge in [0.05, 0.1) is 11.4 Å². The van der Waals surface area contributed by atoms with Gasteiger partial charge in [0, 0.05) is 10.0 Å². The van der Waals surface area contributed by atoms with Crippen LogP contribution in [0.2, 0.25) is 0 Å². The lowest BCUT2D eigenvalue weighted by Crippen LogP contribution is -1.97. The molecule has 1 aromatic carbocycles. The largest absolute Gasteiger partial charge is 0.229 e. The summed E-state index contributed by atoms with van der Waals surface area (Å²) in [4.78, 5) is 9.49. The van der Waals surface area contributed by atoms with E-state index >= 15 is 0 Å². The van der Waals surface area contributed by atoms with Crippen molar-refractivity contribution in [3.05, 3.63) is 108 Å². The summed E-state index contributed by atoms with van der Waals surface area (Å²) >= 11 is 3.42. The molecule has 0 amide bonds. The fourth-order valence-electron chi connectivity index (χ4n) is 2.34. The molecule has 0 aliphatic rings. The van der Waals surface area contributed by atoms with Crippen LogP contribution in [-0.4, -0.2) is 9.97 Å². The van der Waals surface area contributed by atoms with Crippen LogP contribution < -0.4 is 0 Å². The summed E-state index contributed by atoms with van der Waals surface area (Å²) in [6.07, 6.45) is 16.5. The Morgan fingerprint density at radius 2 is 1.71 bits per heavy atom. The van der Waals surface area contributed by atoms with Crippen LogP contribution in [0.5, 0.6) is 0 Å². The normalized spacial score (nSPS) is 11.4. The SMILES string of the molecule is C=CCC=C/C(=C\C)c1cc(/C=C/C=C(/Br)C=C)nc(-c2ccccc2)n1.CC.CC. The molecule has 0 spiro atoms. The number of hydrogen-bond acceptors (Lipinski definition) is 2. The molecule has 0 atom stereocenters. The quantitative estimate of drug-likeness (QED) is 0.279. The maximum absolute atomic E-state index is 4.78. The monoisotopic (exact) mass is 478 g/mol. The second-order valence-corrected chi connectivity index (χ2v) is 6.57. The number of benzene rings is 1. The number of hydrogen-bond donors (Lipinski definition) is 0. The average molecular weight is 480 g/mol. The van der Waals surface area contributed by atoms with E-state index in [0.717, 1.165) is 33.4 Å². The third-order valence-corrected chi connectivity index (χ3v) is 4.29. The summed E-state index contributed by atoms with van der Waals surface area (Å²) in [6.45, 7) is 17.5. The zero-order valence-electron chi connectivity index (χ0n) is 19.5. The standard InChI is InChI=1S/C24H23BrN2.2C2H6/c1-4-7-9-13-19(5-2)23-18-22(17-12-16-21(25)6-3)26-24(27-23)20-14-10-8-11-15-20;2*1-2/h4-6,8-18H,1,3,7H2,2H3;2*1-2H3/b13-9?,17-12+,19-5+,21-16+;;. The Bertz CT molecular complexity index is 904. The predicted molar refractivity (Wildman–Crippen MR) is 144 cm³/mol. The van der Waals surface area contributed by atoms with E-state index in [4.69, 9.17) is 9.97 Å². The van der Waals surface area contributed by atoms with Crippen molar-refractivity contribution in [2.75, 3.05) is 0 Å². The maximum atomic E-state index is 4.78. The van der Waals surface area contributed by atoms with Gasteiger partial charge in [0.25, 0.3) is 0 Å². The Balaban J connectivity index is 0.00000212. The van der Waals surface area contributed by atoms with Gasteiger partial charge in [0.2, 0.25) is 0 Å². The molecule has 0 N–H and O–H groups in total. The summed E-state index contributed by atoms with van der Waals surface area (Å²) in [5.41, 5.74) is 3.77. The molecular weight excluding hydrogens is 444 g/mol. The van der Waals surface area contributed by atoms with Crippen molar-refractivity contribution in [2.24, 2.45) is 0 Å². The highest BCUT2D eigenvalue weighted by atomic mass is 79.9. The maximum Gasteiger partial charge on any atom is 0.160 e. The highest BCUT2D eigenvalue weighted by Gasteiger charge is 2.07. The Hall–Kier alpha value is -2.78. The smallest absolute Gasteiger partial charge is 0.160 e. The van der Waals surface area contributed by atoms with E-state index in [0.29, 0.717) is 5.82 Å². The zero-order chi connectivity index (χ0) is 23.5. The van der Waals surface area contributed by atoms with Crippen LogP contribution >= 0.6 is 15.9 Å². The van der Waals surface area contributed by atoms with E-state index in [2.05, 4.69) is 47.3 Å². The fraction of sp³-hybridized carbons (Fsp3) is 0.214. The molecule has 1 aromatic heterocycles. The van der Waals surface area contributed by atoms with Gasteiger partial charge in [-0.05, 0) is 37.1 Å². The van der Waals surface area contributed by atoms with Crippen LogP contribution in [0.15, 0.2) is 96.6 Å². The minimum absolute atomic E-state index is 0.705. The second-order valence-electron chi connectivity index (χ2n) is 5.65. The van der Waals surface area contributed by atoms with Crippen LogP contribution in [-0.2, 0) is 0 Å². The molecule has 0 saturated heterocycles. The van der Waals surface area contributed by atoms with Crippen LogP contribution in [0.25, 0.3) is 23.0 Å². The van der Waals surface area contributed by atoms with Crippen molar-refractivity contribution in [2.45, 2.75) is 41.0 Å². The fourth-order valence-corrected chi connectivity index (χ4v) is 2.50. The van der Waals surface area contributed by atoms with E-state index in [-0.39, 0.29) is 0 Å². The number of aromatic nitrogens is 2. The predicted octanol–water partition coefficient (Wildman–Crippen LogP) is 9.21. The van der Waals surface area contributed by atoms with Gasteiger partial charge >= 0.3 is 0 Å². The first-order valence-corrected chi connectivity index (χ1v) is 11.5. The molecule has 0 bridgehead atoms. The van der Waals surface area contributed by atoms with Gasteiger partial charge in [-0.3, -0.25) is 0 Å². The number of halogens is 1. The van der Waals surface area contributed by atoms with E-state index in [1.807, 2.05) is 95.3 Å². The molecule has 164 valence electrons. The molecule has 2 aromatic rings. The Kier molecular flexibility index (Phi) is 16.4. The molecule has 0 saturated carbocycles. The topological polar surface area (TPSA) is 25.8 Å². The second kappa shape index (κ2) is 18.0. The first-order valence-electron chi connectivity index (χ1n) is 10.7. The first kappa shape index (κ1) is 28.2. The minimum Gasteiger partial charge on any atom is -0.229 e. The third-order valence-electron chi connectivity index (χ3n) is 3.70. The van der Waals surface area contributed by atoms with Crippen molar-refractivity contribution in [3.8, 4) is 11.4 Å². The number of allylic oxidation sites excluding steroid dienone is 9. The zero-order valence-corrected chi connectivity index (χ0v) is 21.1. The van der Waals surface area contributed by atoms with Crippen molar-refractivity contribution in [1.29, 1.82) is 0 Å². The van der Waals surface area contributed by atoms with E-state index in [1.165, 1.54) is 0 Å². The molecule has 0 unspecified atom stereocenters. The number of rotatable bonds is 8. The van der Waals surface area contributed by atoms with E-state index in [1.54, 1.807) is 6.08 Å². The molecule has 3 heteroatoms. The lowest BCUT2D eigenvalue weighted by Gasteiger charge is -2.07. The molecule has 1 heterocycles. The van der Waals surface area contributed by atoms with Gasteiger partial charge in [-0.2, -0.15) is 0 Å². The summed E-state index contributed by atoms with van der Waals surface area (Å²) in [7, 11) is 0.